The first-order valence-electron chi connectivity index (χ1n) is 3.17. The average Bonchev–Trinajstić information content (AvgIpc) is 2.45. The van der Waals surface area contributed by atoms with Gasteiger partial charge in [-0.3, -0.25) is 0 Å². The maximum Gasteiger partial charge on any atom is 0.0966 e. The second-order valence-electron chi connectivity index (χ2n) is 2.59. The van der Waals surface area contributed by atoms with Gasteiger partial charge < -0.3 is 4.74 Å². The lowest BCUT2D eigenvalue weighted by molar-refractivity contribution is 0.376. The van der Waals surface area contributed by atoms with Crippen LogP contribution in [0.5, 0.6) is 0 Å². The summed E-state index contributed by atoms with van der Waals surface area (Å²) < 4.78 is 5.34. The van der Waals surface area contributed by atoms with Gasteiger partial charge in [0.25, 0.3) is 0 Å². The topological polar surface area (TPSA) is 12.5 Å². The zero-order chi connectivity index (χ0) is 5.56. The van der Waals surface area contributed by atoms with Crippen LogP contribution >= 0.6 is 15.9 Å². The molecule has 1 aliphatic carbocycles. The Bertz CT molecular complexity index is 105. The maximum absolute atomic E-state index is 5.34. The van der Waals surface area contributed by atoms with Gasteiger partial charge in [0.1, 0.15) is 0 Å². The Morgan fingerprint density at radius 3 is 2.88 bits per heavy atom. The molecule has 0 aromatic rings. The van der Waals surface area contributed by atoms with Crippen molar-refractivity contribution in [2.45, 2.75) is 36.3 Å². The maximum atomic E-state index is 5.34. The van der Waals surface area contributed by atoms with Crippen molar-refractivity contribution in [3.63, 3.8) is 0 Å². The predicted molar refractivity (Wildman–Crippen MR) is 35.2 cm³/mol. The molecule has 1 saturated heterocycles. The van der Waals surface area contributed by atoms with Gasteiger partial charge in [-0.15, -0.1) is 0 Å². The van der Waals surface area contributed by atoms with Gasteiger partial charge in [-0.2, -0.15) is 0 Å². The molecule has 1 aliphatic heterocycles. The number of halogens is 1. The molecule has 0 unspecified atom stereocenters. The van der Waals surface area contributed by atoms with E-state index in [4.69, 9.17) is 4.74 Å². The van der Waals surface area contributed by atoms with E-state index < -0.39 is 0 Å². The van der Waals surface area contributed by atoms with Crippen molar-refractivity contribution in [3.05, 3.63) is 0 Å². The molecule has 0 amide bonds. The Labute approximate surface area is 57.5 Å². The molecule has 2 aliphatic rings. The largest absolute Gasteiger partial charge is 0.368 e. The lowest BCUT2D eigenvalue weighted by Gasteiger charge is -2.09. The number of ether oxygens (including phenoxy) is 1. The molecule has 8 heavy (non-hydrogen) atoms. The third-order valence-electron chi connectivity index (χ3n) is 1.95. The first-order chi connectivity index (χ1) is 3.88. The monoisotopic (exact) mass is 176 g/mol. The number of hydrogen-bond acceptors (Lipinski definition) is 1. The van der Waals surface area contributed by atoms with Gasteiger partial charge >= 0.3 is 0 Å². The summed E-state index contributed by atoms with van der Waals surface area (Å²) in [5.74, 6) is 0. The molecule has 0 bridgehead atoms. The van der Waals surface area contributed by atoms with Crippen LogP contribution in [0.25, 0.3) is 0 Å². The van der Waals surface area contributed by atoms with E-state index >= 15 is 0 Å². The summed E-state index contributed by atoms with van der Waals surface area (Å²) in [7, 11) is 0. The van der Waals surface area contributed by atoms with Crippen molar-refractivity contribution in [2.24, 2.45) is 0 Å². The third kappa shape index (κ3) is 0.705. The van der Waals surface area contributed by atoms with Crippen LogP contribution in [0.15, 0.2) is 0 Å². The summed E-state index contributed by atoms with van der Waals surface area (Å²) in [6.07, 6.45) is 5.17. The van der Waals surface area contributed by atoms with Gasteiger partial charge in [0.05, 0.1) is 12.2 Å². The number of rotatable bonds is 0. The van der Waals surface area contributed by atoms with E-state index in [9.17, 15) is 0 Å². The van der Waals surface area contributed by atoms with Crippen molar-refractivity contribution in [2.75, 3.05) is 0 Å². The molecule has 1 saturated carbocycles. The molecule has 3 atom stereocenters. The fourth-order valence-corrected chi connectivity index (χ4v) is 2.17. The Balaban J connectivity index is 1.99. The van der Waals surface area contributed by atoms with Crippen LogP contribution in [0.2, 0.25) is 0 Å². The molecular weight excluding hydrogens is 168 g/mol. The van der Waals surface area contributed by atoms with E-state index in [0.29, 0.717) is 17.0 Å². The highest BCUT2D eigenvalue weighted by Crippen LogP contribution is 2.39. The highest BCUT2D eigenvalue weighted by atomic mass is 79.9. The van der Waals surface area contributed by atoms with Crippen LogP contribution in [-0.2, 0) is 4.74 Å². The van der Waals surface area contributed by atoms with Crippen molar-refractivity contribution < 1.29 is 4.74 Å². The SMILES string of the molecule is Br[C@H]1CCC[C@@H]2O[C@@H]21. The van der Waals surface area contributed by atoms with Gasteiger partial charge in [0, 0.05) is 4.83 Å². The molecule has 0 aromatic carbocycles. The van der Waals surface area contributed by atoms with Crippen LogP contribution in [-0.4, -0.2) is 17.0 Å². The minimum absolute atomic E-state index is 0.587. The van der Waals surface area contributed by atoms with Crippen LogP contribution in [0, 0.1) is 0 Å². The Hall–Kier alpha value is 0.440. The van der Waals surface area contributed by atoms with Crippen LogP contribution in [0.3, 0.4) is 0 Å². The van der Waals surface area contributed by atoms with Crippen molar-refractivity contribution in [1.82, 2.24) is 0 Å². The van der Waals surface area contributed by atoms with Crippen LogP contribution in [0.1, 0.15) is 19.3 Å². The quantitative estimate of drug-likeness (QED) is 0.405. The summed E-state index contributed by atoms with van der Waals surface area (Å²) in [6, 6.07) is 0. The summed E-state index contributed by atoms with van der Waals surface area (Å²) in [5.41, 5.74) is 0. The van der Waals surface area contributed by atoms with Crippen molar-refractivity contribution in [1.29, 1.82) is 0 Å². The number of fused-ring (bicyclic) bond motifs is 1. The van der Waals surface area contributed by atoms with E-state index in [0.717, 1.165) is 0 Å². The molecule has 0 N–H and O–H groups in total. The zero-order valence-electron chi connectivity index (χ0n) is 4.64. The van der Waals surface area contributed by atoms with Crippen LogP contribution in [0.4, 0.5) is 0 Å². The van der Waals surface area contributed by atoms with Crippen molar-refractivity contribution >= 4 is 15.9 Å². The van der Waals surface area contributed by atoms with E-state index in [1.807, 2.05) is 0 Å². The van der Waals surface area contributed by atoms with E-state index in [1.165, 1.54) is 19.3 Å². The minimum atomic E-state index is 0.587. The Kier molecular flexibility index (Phi) is 1.12. The van der Waals surface area contributed by atoms with E-state index in [1.54, 1.807) is 0 Å². The molecule has 46 valence electrons. The molecule has 0 radical (unpaired) electrons. The number of epoxide rings is 1. The smallest absolute Gasteiger partial charge is 0.0966 e. The normalized spacial score (nSPS) is 52.9. The molecule has 2 heteroatoms. The lowest BCUT2D eigenvalue weighted by atomic mass is 10.0. The summed E-state index contributed by atoms with van der Waals surface area (Å²) in [5, 5.41) is 0. The molecule has 1 heterocycles. The van der Waals surface area contributed by atoms with Gasteiger partial charge in [-0.05, 0) is 19.3 Å². The zero-order valence-corrected chi connectivity index (χ0v) is 6.23. The highest BCUT2D eigenvalue weighted by molar-refractivity contribution is 9.09. The van der Waals surface area contributed by atoms with E-state index in [-0.39, 0.29) is 0 Å². The first-order valence-corrected chi connectivity index (χ1v) is 4.09. The fourth-order valence-electron chi connectivity index (χ4n) is 1.39. The van der Waals surface area contributed by atoms with Crippen LogP contribution < -0.4 is 0 Å². The van der Waals surface area contributed by atoms with Gasteiger partial charge in [0.2, 0.25) is 0 Å². The van der Waals surface area contributed by atoms with E-state index in [2.05, 4.69) is 15.9 Å². The average molecular weight is 177 g/mol. The van der Waals surface area contributed by atoms with Gasteiger partial charge in [0.15, 0.2) is 0 Å². The minimum Gasteiger partial charge on any atom is -0.368 e. The Morgan fingerprint density at radius 1 is 1.38 bits per heavy atom. The first kappa shape index (κ1) is 5.24. The molecule has 0 spiro atoms. The third-order valence-corrected chi connectivity index (χ3v) is 2.93. The Morgan fingerprint density at radius 2 is 2.25 bits per heavy atom. The second-order valence-corrected chi connectivity index (χ2v) is 3.76. The van der Waals surface area contributed by atoms with Gasteiger partial charge in [-0.25, -0.2) is 0 Å². The summed E-state index contributed by atoms with van der Waals surface area (Å²) in [6.45, 7) is 0. The molecule has 2 rings (SSSR count). The number of alkyl halides is 1. The molecular formula is C6H9BrO. The summed E-state index contributed by atoms with van der Waals surface area (Å²) >= 11 is 3.57. The summed E-state index contributed by atoms with van der Waals surface area (Å²) in [4.78, 5) is 0.668. The molecule has 0 aromatic heterocycles. The lowest BCUT2D eigenvalue weighted by Crippen LogP contribution is -2.14. The standard InChI is InChI=1S/C6H9BrO/c7-4-2-1-3-5-6(4)8-5/h4-6H,1-3H2/t4-,5-,6+/m0/s1. The van der Waals surface area contributed by atoms with Gasteiger partial charge in [-0.1, -0.05) is 15.9 Å². The second kappa shape index (κ2) is 1.71. The number of hydrogen-bond donors (Lipinski definition) is 0. The molecule has 1 nitrogen and oxygen atoms in total. The fraction of sp³-hybridized carbons (Fsp3) is 1.00. The predicted octanol–water partition coefficient (Wildman–Crippen LogP) is 1.70. The highest BCUT2D eigenvalue weighted by Gasteiger charge is 2.45. The van der Waals surface area contributed by atoms with Crippen molar-refractivity contribution in [3.8, 4) is 0 Å². The molecule has 2 fully saturated rings.